The number of benzene rings is 2. The maximum absolute atomic E-state index is 12.6. The van der Waals surface area contributed by atoms with E-state index in [0.717, 1.165) is 56.9 Å². The lowest BCUT2D eigenvalue weighted by Gasteiger charge is -2.37. The first kappa shape index (κ1) is 24.1. The van der Waals surface area contributed by atoms with Crippen LogP contribution >= 0.6 is 23.2 Å². The third-order valence-electron chi connectivity index (χ3n) is 6.98. The molecule has 0 radical (unpaired) electrons. The van der Waals surface area contributed by atoms with Crippen LogP contribution in [0.2, 0.25) is 10.0 Å². The van der Waals surface area contributed by atoms with E-state index in [1.165, 1.54) is 18.4 Å². The summed E-state index contributed by atoms with van der Waals surface area (Å²) in [4.78, 5) is 17.2. The fraction of sp³-hybridized carbons (Fsp3) is 0.444. The Labute approximate surface area is 207 Å². The fourth-order valence-electron chi connectivity index (χ4n) is 4.91. The van der Waals surface area contributed by atoms with Crippen molar-refractivity contribution in [2.24, 2.45) is 5.92 Å². The fourth-order valence-corrected chi connectivity index (χ4v) is 5.22. The van der Waals surface area contributed by atoms with Gasteiger partial charge in [0.05, 0.1) is 17.2 Å². The molecule has 2 aliphatic heterocycles. The molecule has 0 saturated carbocycles. The molecule has 0 atom stereocenters. The van der Waals surface area contributed by atoms with E-state index in [2.05, 4.69) is 29.2 Å². The first-order chi connectivity index (χ1) is 16.0. The first-order valence-electron chi connectivity index (χ1n) is 11.8. The third kappa shape index (κ3) is 6.53. The number of likely N-dealkylation sites (tertiary alicyclic amines) is 2. The molecule has 2 aliphatic rings. The minimum absolute atomic E-state index is 0.0693. The number of rotatable bonds is 6. The summed E-state index contributed by atoms with van der Waals surface area (Å²) >= 11 is 12.0. The monoisotopic (exact) mass is 486 g/mol. The van der Waals surface area contributed by atoms with Gasteiger partial charge in [0.25, 0.3) is 0 Å². The summed E-state index contributed by atoms with van der Waals surface area (Å²) in [6.45, 7) is 5.12. The number of halogens is 2. The van der Waals surface area contributed by atoms with E-state index in [1.54, 1.807) is 25.3 Å². The Balaban J connectivity index is 1.19. The Kier molecular flexibility index (Phi) is 8.34. The van der Waals surface area contributed by atoms with Crippen molar-refractivity contribution in [1.82, 2.24) is 9.80 Å². The summed E-state index contributed by atoms with van der Waals surface area (Å²) in [7, 11) is 1.71. The predicted octanol–water partition coefficient (Wildman–Crippen LogP) is 6.13. The number of amides is 1. The summed E-state index contributed by atoms with van der Waals surface area (Å²) in [5, 5.41) is 1.02. The van der Waals surface area contributed by atoms with Gasteiger partial charge in [0.15, 0.2) is 0 Å². The van der Waals surface area contributed by atoms with Crippen LogP contribution in [0.15, 0.2) is 48.5 Å². The second kappa shape index (κ2) is 11.4. The van der Waals surface area contributed by atoms with E-state index in [1.807, 2.05) is 17.0 Å². The summed E-state index contributed by atoms with van der Waals surface area (Å²) in [6, 6.07) is 13.9. The summed E-state index contributed by atoms with van der Waals surface area (Å²) in [5.74, 6) is 2.31. The standard InChI is InChI=1S/C27H32Cl2N2O2/c1-33-24-6-4-22(5-7-24)23-12-14-30(15-13-23)19-21-10-16-31(17-11-21)27(32)9-3-20-2-8-25(28)26(29)18-20/h2-9,18,21,23H,10-17,19H2,1H3/b9-3+. The molecule has 2 aromatic rings. The van der Waals surface area contributed by atoms with Gasteiger partial charge in [-0.05, 0) is 92.1 Å². The van der Waals surface area contributed by atoms with Crippen molar-refractivity contribution in [2.75, 3.05) is 39.8 Å². The maximum atomic E-state index is 12.6. The van der Waals surface area contributed by atoms with Crippen LogP contribution in [0.3, 0.4) is 0 Å². The average Bonchev–Trinajstić information content (AvgIpc) is 2.85. The predicted molar refractivity (Wildman–Crippen MR) is 136 cm³/mol. The zero-order valence-electron chi connectivity index (χ0n) is 19.2. The molecule has 0 bridgehead atoms. The molecule has 0 unspecified atom stereocenters. The number of carbonyl (C=O) groups is 1. The molecule has 6 heteroatoms. The highest BCUT2D eigenvalue weighted by molar-refractivity contribution is 6.42. The van der Waals surface area contributed by atoms with E-state index in [4.69, 9.17) is 27.9 Å². The topological polar surface area (TPSA) is 32.8 Å². The van der Waals surface area contributed by atoms with Gasteiger partial charge in [-0.2, -0.15) is 0 Å². The minimum atomic E-state index is 0.0693. The molecule has 176 valence electrons. The number of ether oxygens (including phenoxy) is 1. The Hall–Kier alpha value is -2.01. The lowest BCUT2D eigenvalue weighted by molar-refractivity contribution is -0.127. The SMILES string of the molecule is COc1ccc(C2CCN(CC3CCN(C(=O)/C=C/c4ccc(Cl)c(Cl)c4)CC3)CC2)cc1. The second-order valence-electron chi connectivity index (χ2n) is 9.12. The largest absolute Gasteiger partial charge is 0.497 e. The maximum Gasteiger partial charge on any atom is 0.246 e. The van der Waals surface area contributed by atoms with Crippen LogP contribution in [-0.2, 0) is 4.79 Å². The van der Waals surface area contributed by atoms with Gasteiger partial charge in [-0.3, -0.25) is 4.79 Å². The Bertz CT molecular complexity index is 961. The number of methoxy groups -OCH3 is 1. The molecule has 2 heterocycles. The molecule has 33 heavy (non-hydrogen) atoms. The molecule has 2 aromatic carbocycles. The highest BCUT2D eigenvalue weighted by Crippen LogP contribution is 2.30. The Morgan fingerprint density at radius 1 is 0.970 bits per heavy atom. The van der Waals surface area contributed by atoms with Crippen LogP contribution < -0.4 is 4.74 Å². The van der Waals surface area contributed by atoms with E-state index in [-0.39, 0.29) is 5.91 Å². The van der Waals surface area contributed by atoms with Gasteiger partial charge < -0.3 is 14.5 Å². The third-order valence-corrected chi connectivity index (χ3v) is 7.72. The van der Waals surface area contributed by atoms with Crippen molar-refractivity contribution in [3.05, 3.63) is 69.7 Å². The zero-order chi connectivity index (χ0) is 23.2. The molecule has 0 aromatic heterocycles. The molecule has 1 amide bonds. The molecule has 4 rings (SSSR count). The number of hydrogen-bond donors (Lipinski definition) is 0. The minimum Gasteiger partial charge on any atom is -0.497 e. The summed E-state index contributed by atoms with van der Waals surface area (Å²) < 4.78 is 5.28. The summed E-state index contributed by atoms with van der Waals surface area (Å²) in [5.41, 5.74) is 2.31. The molecule has 4 nitrogen and oxygen atoms in total. The number of nitrogens with zero attached hydrogens (tertiary/aromatic N) is 2. The molecule has 2 fully saturated rings. The quantitative estimate of drug-likeness (QED) is 0.460. The van der Waals surface area contributed by atoms with Crippen LogP contribution in [0.25, 0.3) is 6.08 Å². The smallest absolute Gasteiger partial charge is 0.246 e. The Morgan fingerprint density at radius 2 is 1.67 bits per heavy atom. The normalized spacial score (nSPS) is 18.7. The first-order valence-corrected chi connectivity index (χ1v) is 12.6. The van der Waals surface area contributed by atoms with Gasteiger partial charge in [0, 0.05) is 25.7 Å². The molecule has 0 spiro atoms. The second-order valence-corrected chi connectivity index (χ2v) is 9.94. The average molecular weight is 487 g/mol. The van der Waals surface area contributed by atoms with Gasteiger partial charge in [0.1, 0.15) is 5.75 Å². The zero-order valence-corrected chi connectivity index (χ0v) is 20.7. The number of hydrogen-bond acceptors (Lipinski definition) is 3. The van der Waals surface area contributed by atoms with Gasteiger partial charge in [-0.1, -0.05) is 41.4 Å². The van der Waals surface area contributed by atoms with E-state index >= 15 is 0 Å². The molecule has 2 saturated heterocycles. The molecule has 0 aliphatic carbocycles. The van der Waals surface area contributed by atoms with Crippen molar-refractivity contribution in [3.8, 4) is 5.75 Å². The van der Waals surface area contributed by atoms with E-state index in [9.17, 15) is 4.79 Å². The molecule has 0 N–H and O–H groups in total. The van der Waals surface area contributed by atoms with E-state index < -0.39 is 0 Å². The van der Waals surface area contributed by atoms with Crippen LogP contribution in [-0.4, -0.2) is 55.5 Å². The Morgan fingerprint density at radius 3 is 2.30 bits per heavy atom. The van der Waals surface area contributed by atoms with Gasteiger partial charge in [-0.25, -0.2) is 0 Å². The van der Waals surface area contributed by atoms with Crippen LogP contribution in [0.1, 0.15) is 42.7 Å². The molecular weight excluding hydrogens is 455 g/mol. The van der Waals surface area contributed by atoms with Crippen molar-refractivity contribution in [2.45, 2.75) is 31.6 Å². The van der Waals surface area contributed by atoms with Gasteiger partial charge in [0.2, 0.25) is 5.91 Å². The highest BCUT2D eigenvalue weighted by Gasteiger charge is 2.26. The van der Waals surface area contributed by atoms with Crippen molar-refractivity contribution in [1.29, 1.82) is 0 Å². The van der Waals surface area contributed by atoms with Crippen LogP contribution in [0.5, 0.6) is 5.75 Å². The summed E-state index contributed by atoms with van der Waals surface area (Å²) in [6.07, 6.45) is 8.02. The van der Waals surface area contributed by atoms with E-state index in [0.29, 0.717) is 21.9 Å². The van der Waals surface area contributed by atoms with Crippen LogP contribution in [0.4, 0.5) is 0 Å². The van der Waals surface area contributed by atoms with Crippen LogP contribution in [0, 0.1) is 5.92 Å². The van der Waals surface area contributed by atoms with Crippen molar-refractivity contribution < 1.29 is 9.53 Å². The van der Waals surface area contributed by atoms with Crippen molar-refractivity contribution >= 4 is 35.2 Å². The number of carbonyl (C=O) groups excluding carboxylic acids is 1. The highest BCUT2D eigenvalue weighted by atomic mass is 35.5. The molecular formula is C27H32Cl2N2O2. The number of piperidine rings is 2. The van der Waals surface area contributed by atoms with Gasteiger partial charge >= 0.3 is 0 Å². The van der Waals surface area contributed by atoms with Gasteiger partial charge in [-0.15, -0.1) is 0 Å². The lowest BCUT2D eigenvalue weighted by Crippen LogP contribution is -2.42. The lowest BCUT2D eigenvalue weighted by atomic mass is 9.88. The van der Waals surface area contributed by atoms with Crippen molar-refractivity contribution in [3.63, 3.8) is 0 Å².